The molecule has 0 aliphatic carbocycles. The van der Waals surface area contributed by atoms with Gasteiger partial charge in [-0.1, -0.05) is 35.6 Å². The molecule has 30 heavy (non-hydrogen) atoms. The highest BCUT2D eigenvalue weighted by molar-refractivity contribution is 7.99. The van der Waals surface area contributed by atoms with Crippen molar-refractivity contribution in [2.45, 2.75) is 38.0 Å². The Labute approximate surface area is 188 Å². The molecule has 3 rings (SSSR count). The van der Waals surface area contributed by atoms with Gasteiger partial charge in [-0.25, -0.2) is 4.98 Å². The SMILES string of the molecule is Cc1ccc2sc(N(CCCN(C)C)C(=O)CCCSc3ccccc3)nc2c1C. The molecule has 2 aromatic carbocycles. The fraction of sp³-hybridized carbons (Fsp3) is 0.417. The molecule has 0 N–H and O–H groups in total. The summed E-state index contributed by atoms with van der Waals surface area (Å²) >= 11 is 3.44. The third-order valence-electron chi connectivity index (χ3n) is 5.14. The second kappa shape index (κ2) is 10.9. The van der Waals surface area contributed by atoms with Crippen molar-refractivity contribution >= 4 is 44.4 Å². The van der Waals surface area contributed by atoms with Crippen LogP contribution in [0.5, 0.6) is 0 Å². The Morgan fingerprint density at radius 1 is 1.03 bits per heavy atom. The smallest absolute Gasteiger partial charge is 0.228 e. The lowest BCUT2D eigenvalue weighted by Crippen LogP contribution is -2.33. The number of rotatable bonds is 10. The Balaban J connectivity index is 1.68. The van der Waals surface area contributed by atoms with Crippen LogP contribution in [0, 0.1) is 13.8 Å². The molecule has 0 fully saturated rings. The van der Waals surface area contributed by atoms with Gasteiger partial charge in [-0.3, -0.25) is 9.69 Å². The van der Waals surface area contributed by atoms with Crippen molar-refractivity contribution < 1.29 is 4.79 Å². The molecule has 160 valence electrons. The molecule has 0 aliphatic heterocycles. The lowest BCUT2D eigenvalue weighted by Gasteiger charge is -2.21. The number of benzene rings is 2. The first kappa shape index (κ1) is 22.8. The van der Waals surface area contributed by atoms with Crippen LogP contribution in [0.4, 0.5) is 5.13 Å². The number of nitrogens with zero attached hydrogens (tertiary/aromatic N) is 3. The molecule has 0 bridgehead atoms. The Kier molecular flexibility index (Phi) is 8.31. The fourth-order valence-corrected chi connectivity index (χ4v) is 5.21. The van der Waals surface area contributed by atoms with Crippen molar-refractivity contribution in [3.63, 3.8) is 0 Å². The third-order valence-corrected chi connectivity index (χ3v) is 7.28. The molecule has 3 aromatic rings. The van der Waals surface area contributed by atoms with Gasteiger partial charge in [0.25, 0.3) is 0 Å². The first-order valence-electron chi connectivity index (χ1n) is 10.5. The number of hydrogen-bond donors (Lipinski definition) is 0. The minimum atomic E-state index is 0.177. The molecule has 1 aromatic heterocycles. The van der Waals surface area contributed by atoms with Crippen LogP contribution in [0.25, 0.3) is 10.2 Å². The Hall–Kier alpha value is -1.89. The van der Waals surface area contributed by atoms with Gasteiger partial charge >= 0.3 is 0 Å². The highest BCUT2D eigenvalue weighted by Gasteiger charge is 2.20. The van der Waals surface area contributed by atoms with E-state index in [1.165, 1.54) is 16.0 Å². The van der Waals surface area contributed by atoms with Crippen LogP contribution in [-0.4, -0.2) is 48.7 Å². The summed E-state index contributed by atoms with van der Waals surface area (Å²) in [5, 5.41) is 0.832. The predicted molar refractivity (Wildman–Crippen MR) is 131 cm³/mol. The van der Waals surface area contributed by atoms with Gasteiger partial charge in [0.1, 0.15) is 0 Å². The van der Waals surface area contributed by atoms with E-state index >= 15 is 0 Å². The van der Waals surface area contributed by atoms with Crippen molar-refractivity contribution in [3.05, 3.63) is 53.6 Å². The number of aromatic nitrogens is 1. The highest BCUT2D eigenvalue weighted by atomic mass is 32.2. The van der Waals surface area contributed by atoms with Crippen molar-refractivity contribution in [2.24, 2.45) is 0 Å². The largest absolute Gasteiger partial charge is 0.309 e. The molecule has 0 radical (unpaired) electrons. The van der Waals surface area contributed by atoms with Crippen LogP contribution in [0.15, 0.2) is 47.4 Å². The third kappa shape index (κ3) is 6.06. The van der Waals surface area contributed by atoms with Gasteiger partial charge in [0.2, 0.25) is 5.91 Å². The van der Waals surface area contributed by atoms with E-state index in [1.54, 1.807) is 11.3 Å². The molecule has 0 unspecified atom stereocenters. The van der Waals surface area contributed by atoms with Gasteiger partial charge in [-0.05, 0) is 82.4 Å². The van der Waals surface area contributed by atoms with Crippen molar-refractivity contribution in [1.29, 1.82) is 0 Å². The quantitative estimate of drug-likeness (QED) is 0.296. The van der Waals surface area contributed by atoms with Gasteiger partial charge < -0.3 is 4.90 Å². The van der Waals surface area contributed by atoms with E-state index in [0.29, 0.717) is 13.0 Å². The highest BCUT2D eigenvalue weighted by Crippen LogP contribution is 2.32. The summed E-state index contributed by atoms with van der Waals surface area (Å²) in [6, 6.07) is 14.6. The van der Waals surface area contributed by atoms with Crippen molar-refractivity contribution in [2.75, 3.05) is 37.8 Å². The van der Waals surface area contributed by atoms with Gasteiger partial charge in [0.15, 0.2) is 5.13 Å². The standard InChI is InChI=1S/C24H31N3OS2/c1-18-13-14-21-23(19(18)2)25-24(30-21)27(16-9-15-26(3)4)22(28)12-8-17-29-20-10-6-5-7-11-20/h5-7,10-11,13-14H,8-9,12,15-17H2,1-4H3. The number of anilines is 1. The molecule has 1 heterocycles. The molecule has 0 saturated carbocycles. The lowest BCUT2D eigenvalue weighted by atomic mass is 10.1. The Morgan fingerprint density at radius 2 is 1.80 bits per heavy atom. The first-order chi connectivity index (χ1) is 14.5. The van der Waals surface area contributed by atoms with Crippen LogP contribution in [-0.2, 0) is 4.79 Å². The summed E-state index contributed by atoms with van der Waals surface area (Å²) in [4.78, 5) is 23.3. The number of thiazole rings is 1. The number of thioether (sulfide) groups is 1. The molecular weight excluding hydrogens is 410 g/mol. The second-order valence-electron chi connectivity index (χ2n) is 7.82. The Morgan fingerprint density at radius 3 is 2.53 bits per heavy atom. The summed E-state index contributed by atoms with van der Waals surface area (Å²) in [6.45, 7) is 5.88. The predicted octanol–water partition coefficient (Wildman–Crippen LogP) is 5.77. The second-order valence-corrected chi connectivity index (χ2v) is 10.00. The minimum Gasteiger partial charge on any atom is -0.309 e. The first-order valence-corrected chi connectivity index (χ1v) is 12.3. The van der Waals surface area contributed by atoms with E-state index in [4.69, 9.17) is 4.98 Å². The number of aryl methyl sites for hydroxylation is 2. The molecular formula is C24H31N3OS2. The molecule has 0 aliphatic rings. The van der Waals surface area contributed by atoms with Crippen molar-refractivity contribution in [3.8, 4) is 0 Å². The molecule has 6 heteroatoms. The number of hydrogen-bond acceptors (Lipinski definition) is 5. The number of carbonyl (C=O) groups excluding carboxylic acids is 1. The summed E-state index contributed by atoms with van der Waals surface area (Å²) in [7, 11) is 4.13. The number of carbonyl (C=O) groups is 1. The maximum absolute atomic E-state index is 13.1. The molecule has 0 atom stereocenters. The molecule has 1 amide bonds. The monoisotopic (exact) mass is 441 g/mol. The lowest BCUT2D eigenvalue weighted by molar-refractivity contribution is -0.118. The van der Waals surface area contributed by atoms with Crippen LogP contribution >= 0.6 is 23.1 Å². The zero-order valence-electron chi connectivity index (χ0n) is 18.4. The van der Waals surface area contributed by atoms with E-state index in [0.717, 1.165) is 40.5 Å². The maximum Gasteiger partial charge on any atom is 0.228 e. The van der Waals surface area contributed by atoms with Crippen LogP contribution < -0.4 is 4.90 Å². The number of amides is 1. The normalized spacial score (nSPS) is 11.4. The average Bonchev–Trinajstić information content (AvgIpc) is 3.16. The van der Waals surface area contributed by atoms with E-state index in [2.05, 4.69) is 69.2 Å². The fourth-order valence-electron chi connectivity index (χ4n) is 3.27. The van der Waals surface area contributed by atoms with Crippen molar-refractivity contribution in [1.82, 2.24) is 9.88 Å². The number of fused-ring (bicyclic) bond motifs is 1. The van der Waals surface area contributed by atoms with Crippen LogP contribution in [0.2, 0.25) is 0 Å². The summed E-state index contributed by atoms with van der Waals surface area (Å²) in [5.41, 5.74) is 3.47. The van der Waals surface area contributed by atoms with Gasteiger partial charge in [-0.15, -0.1) is 11.8 Å². The van der Waals surface area contributed by atoms with Crippen LogP contribution in [0.3, 0.4) is 0 Å². The van der Waals surface area contributed by atoms with Gasteiger partial charge in [0, 0.05) is 17.9 Å². The molecule has 4 nitrogen and oxygen atoms in total. The molecule has 0 spiro atoms. The van der Waals surface area contributed by atoms with Crippen LogP contribution in [0.1, 0.15) is 30.4 Å². The zero-order chi connectivity index (χ0) is 21.5. The summed E-state index contributed by atoms with van der Waals surface area (Å²) < 4.78 is 1.15. The van der Waals surface area contributed by atoms with Gasteiger partial charge in [-0.2, -0.15) is 0 Å². The Bertz CT molecular complexity index is 969. The van der Waals surface area contributed by atoms with E-state index in [1.807, 2.05) is 22.7 Å². The zero-order valence-corrected chi connectivity index (χ0v) is 20.0. The minimum absolute atomic E-state index is 0.177. The van der Waals surface area contributed by atoms with E-state index in [9.17, 15) is 4.79 Å². The topological polar surface area (TPSA) is 36.4 Å². The van der Waals surface area contributed by atoms with E-state index < -0.39 is 0 Å². The molecule has 0 saturated heterocycles. The van der Waals surface area contributed by atoms with E-state index in [-0.39, 0.29) is 5.91 Å². The summed E-state index contributed by atoms with van der Waals surface area (Å²) in [5.74, 6) is 1.12. The summed E-state index contributed by atoms with van der Waals surface area (Å²) in [6.07, 6.45) is 2.35. The average molecular weight is 442 g/mol. The maximum atomic E-state index is 13.1. The van der Waals surface area contributed by atoms with Gasteiger partial charge in [0.05, 0.1) is 10.2 Å².